The lowest BCUT2D eigenvalue weighted by atomic mass is 9.70. The molecule has 398 valence electrons. The summed E-state index contributed by atoms with van der Waals surface area (Å²) in [6.07, 6.45) is 17.9. The van der Waals surface area contributed by atoms with Crippen molar-refractivity contribution >= 4 is 43.1 Å². The molecular formula is C81H74. The SMILES string of the molecule is CCCCCCCCC1(CCCCCCCC)c2cc(-c3ccc(-c4c(-c5ccccc5)c5ccccc5c5ccccc45)cc3)ccc2-c2ccc(-c3ccc(-c4c(-c5ccccc5)c5ccccc5c5ccccc45)cc3)cc21. The predicted molar refractivity (Wildman–Crippen MR) is 351 cm³/mol. The van der Waals surface area contributed by atoms with Crippen LogP contribution in [0.25, 0.3) is 121 Å². The molecule has 0 aromatic heterocycles. The number of unbranched alkanes of at least 4 members (excludes halogenated alkanes) is 10. The van der Waals surface area contributed by atoms with Crippen molar-refractivity contribution in [1.29, 1.82) is 0 Å². The van der Waals surface area contributed by atoms with E-state index >= 15 is 0 Å². The van der Waals surface area contributed by atoms with Gasteiger partial charge in [-0.15, -0.1) is 0 Å². The number of hydrogen-bond donors (Lipinski definition) is 0. The first kappa shape index (κ1) is 52.1. The number of rotatable bonds is 20. The quantitative estimate of drug-likeness (QED) is 0.0527. The summed E-state index contributed by atoms with van der Waals surface area (Å²) >= 11 is 0. The van der Waals surface area contributed by atoms with Crippen LogP contribution in [0.4, 0.5) is 0 Å². The Morgan fingerprint density at radius 1 is 0.222 bits per heavy atom. The van der Waals surface area contributed by atoms with E-state index in [1.807, 2.05) is 0 Å². The lowest BCUT2D eigenvalue weighted by Crippen LogP contribution is -2.25. The molecule has 0 saturated heterocycles. The molecule has 0 spiro atoms. The molecule has 12 aromatic rings. The Balaban J connectivity index is 0.907. The fourth-order valence-electron chi connectivity index (χ4n) is 14.3. The van der Waals surface area contributed by atoms with Gasteiger partial charge in [-0.2, -0.15) is 0 Å². The molecule has 0 amide bonds. The maximum absolute atomic E-state index is 2.63. The third-order valence-corrected chi connectivity index (χ3v) is 18.3. The number of hydrogen-bond acceptors (Lipinski definition) is 0. The first-order valence-electron chi connectivity index (χ1n) is 30.6. The van der Waals surface area contributed by atoms with Gasteiger partial charge in [0.15, 0.2) is 0 Å². The van der Waals surface area contributed by atoms with E-state index in [0.717, 1.165) is 0 Å². The first-order valence-corrected chi connectivity index (χ1v) is 30.6. The minimum atomic E-state index is -0.0741. The number of benzene rings is 12. The fourth-order valence-corrected chi connectivity index (χ4v) is 14.3. The van der Waals surface area contributed by atoms with Crippen LogP contribution < -0.4 is 0 Å². The van der Waals surface area contributed by atoms with E-state index in [1.54, 1.807) is 0 Å². The zero-order valence-corrected chi connectivity index (χ0v) is 47.5. The van der Waals surface area contributed by atoms with Crippen molar-refractivity contribution in [3.63, 3.8) is 0 Å². The van der Waals surface area contributed by atoms with E-state index in [2.05, 4.69) is 257 Å². The molecule has 0 heteroatoms. The van der Waals surface area contributed by atoms with Crippen molar-refractivity contribution in [2.75, 3.05) is 0 Å². The monoisotopic (exact) mass is 1050 g/mol. The van der Waals surface area contributed by atoms with E-state index in [4.69, 9.17) is 0 Å². The van der Waals surface area contributed by atoms with Gasteiger partial charge >= 0.3 is 0 Å². The highest BCUT2D eigenvalue weighted by Gasteiger charge is 2.43. The molecule has 0 unspecified atom stereocenters. The zero-order valence-electron chi connectivity index (χ0n) is 47.5. The van der Waals surface area contributed by atoms with Crippen LogP contribution in [0, 0.1) is 0 Å². The second kappa shape index (κ2) is 23.4. The van der Waals surface area contributed by atoms with Crippen molar-refractivity contribution in [1.82, 2.24) is 0 Å². The van der Waals surface area contributed by atoms with Gasteiger partial charge in [-0.05, 0) is 157 Å². The smallest absolute Gasteiger partial charge is 0.0215 e. The summed E-state index contributed by atoms with van der Waals surface area (Å²) < 4.78 is 0. The first-order chi connectivity index (χ1) is 40.1. The molecular weight excluding hydrogens is 973 g/mol. The van der Waals surface area contributed by atoms with Crippen LogP contribution in [0.5, 0.6) is 0 Å². The van der Waals surface area contributed by atoms with Crippen LogP contribution in [0.3, 0.4) is 0 Å². The summed E-state index contributed by atoms with van der Waals surface area (Å²) in [5, 5.41) is 10.3. The minimum absolute atomic E-state index is 0.0741. The molecule has 12 aromatic carbocycles. The molecule has 0 nitrogen and oxygen atoms in total. The fraction of sp³-hybridized carbons (Fsp3) is 0.210. The van der Waals surface area contributed by atoms with Gasteiger partial charge in [-0.25, -0.2) is 0 Å². The molecule has 0 bridgehead atoms. The predicted octanol–water partition coefficient (Wildman–Crippen LogP) is 24.1. The average Bonchev–Trinajstić information content (AvgIpc) is 4.01. The van der Waals surface area contributed by atoms with Gasteiger partial charge in [0.05, 0.1) is 0 Å². The topological polar surface area (TPSA) is 0 Å². The molecule has 0 fully saturated rings. The van der Waals surface area contributed by atoms with Gasteiger partial charge in [0.2, 0.25) is 0 Å². The van der Waals surface area contributed by atoms with Crippen molar-refractivity contribution in [3.05, 3.63) is 254 Å². The highest BCUT2D eigenvalue weighted by atomic mass is 14.5. The van der Waals surface area contributed by atoms with Crippen LogP contribution in [0.15, 0.2) is 243 Å². The maximum atomic E-state index is 2.63. The molecule has 81 heavy (non-hydrogen) atoms. The van der Waals surface area contributed by atoms with E-state index in [1.165, 1.54) is 222 Å². The van der Waals surface area contributed by atoms with Crippen molar-refractivity contribution in [2.24, 2.45) is 0 Å². The summed E-state index contributed by atoms with van der Waals surface area (Å²) in [4.78, 5) is 0. The van der Waals surface area contributed by atoms with Crippen LogP contribution in [0.1, 0.15) is 115 Å². The second-order valence-corrected chi connectivity index (χ2v) is 23.2. The summed E-state index contributed by atoms with van der Waals surface area (Å²) in [7, 11) is 0. The highest BCUT2D eigenvalue weighted by Crippen LogP contribution is 2.56. The summed E-state index contributed by atoms with van der Waals surface area (Å²) in [6.45, 7) is 4.66. The Morgan fingerprint density at radius 2 is 0.481 bits per heavy atom. The van der Waals surface area contributed by atoms with Crippen LogP contribution >= 0.6 is 0 Å². The summed E-state index contributed by atoms with van der Waals surface area (Å²) in [5.41, 5.74) is 21.2. The van der Waals surface area contributed by atoms with Crippen molar-refractivity contribution in [2.45, 2.75) is 109 Å². The molecule has 1 aliphatic rings. The van der Waals surface area contributed by atoms with Gasteiger partial charge in [-0.3, -0.25) is 0 Å². The van der Waals surface area contributed by atoms with E-state index in [0.29, 0.717) is 0 Å². The summed E-state index contributed by atoms with van der Waals surface area (Å²) in [6, 6.07) is 92.1. The van der Waals surface area contributed by atoms with Crippen LogP contribution in [-0.4, -0.2) is 0 Å². The van der Waals surface area contributed by atoms with E-state index in [-0.39, 0.29) is 5.41 Å². The second-order valence-electron chi connectivity index (χ2n) is 23.2. The molecule has 0 atom stereocenters. The van der Waals surface area contributed by atoms with Gasteiger partial charge in [0, 0.05) is 5.41 Å². The molecule has 0 saturated carbocycles. The lowest BCUT2D eigenvalue weighted by Gasteiger charge is -2.33. The summed E-state index contributed by atoms with van der Waals surface area (Å²) in [5.74, 6) is 0. The van der Waals surface area contributed by atoms with Gasteiger partial charge < -0.3 is 0 Å². The van der Waals surface area contributed by atoms with Gasteiger partial charge in [0.25, 0.3) is 0 Å². The number of fused-ring (bicyclic) bond motifs is 9. The third-order valence-electron chi connectivity index (χ3n) is 18.3. The van der Waals surface area contributed by atoms with Crippen LogP contribution in [-0.2, 0) is 5.41 Å². The van der Waals surface area contributed by atoms with Gasteiger partial charge in [-0.1, -0.05) is 321 Å². The van der Waals surface area contributed by atoms with Crippen molar-refractivity contribution < 1.29 is 0 Å². The standard InChI is InChI=1S/C81H74/c1-3-5-7-9-11-27-53-81(54-28-12-10-8-6-4-2)75-55-63(57-41-45-61(46-42-57)79-73-39-25-21-35-67(73)65-33-19-23-37-71(65)77(79)59-29-15-13-16-30-59)49-51-69(75)70-52-50-64(56-76(70)81)58-43-47-62(48-44-58)80-74-40-26-22-36-68(74)66-34-20-24-38-72(66)78(80)60-31-17-14-18-32-60/h13-26,29-52,55-56H,3-12,27-28,53-54H2,1-2H3. The van der Waals surface area contributed by atoms with Gasteiger partial charge in [0.1, 0.15) is 0 Å². The normalized spacial score (nSPS) is 12.6. The molecule has 0 N–H and O–H groups in total. The van der Waals surface area contributed by atoms with Crippen LogP contribution in [0.2, 0.25) is 0 Å². The largest absolute Gasteiger partial charge is 0.0654 e. The Hall–Kier alpha value is -8.32. The highest BCUT2D eigenvalue weighted by molar-refractivity contribution is 6.23. The molecule has 0 radical (unpaired) electrons. The van der Waals surface area contributed by atoms with E-state index < -0.39 is 0 Å². The minimum Gasteiger partial charge on any atom is -0.0654 e. The van der Waals surface area contributed by atoms with E-state index in [9.17, 15) is 0 Å². The molecule has 0 heterocycles. The Morgan fingerprint density at radius 3 is 0.815 bits per heavy atom. The third kappa shape index (κ3) is 9.88. The van der Waals surface area contributed by atoms with Crippen molar-refractivity contribution in [3.8, 4) is 77.9 Å². The average molecular weight is 1050 g/mol. The lowest BCUT2D eigenvalue weighted by molar-refractivity contribution is 0.398. The molecule has 0 aliphatic heterocycles. The Labute approximate surface area is 481 Å². The molecule has 13 rings (SSSR count). The maximum Gasteiger partial charge on any atom is 0.0215 e. The zero-order chi connectivity index (χ0) is 54.5. The molecule has 1 aliphatic carbocycles. The Kier molecular flexibility index (Phi) is 15.1. The Bertz CT molecular complexity index is 3890.